The van der Waals surface area contributed by atoms with Gasteiger partial charge < -0.3 is 20.5 Å². The van der Waals surface area contributed by atoms with Gasteiger partial charge >= 0.3 is 0 Å². The molecule has 2 aromatic rings. The van der Waals surface area contributed by atoms with Crippen molar-refractivity contribution >= 4 is 22.4 Å². The second-order valence-corrected chi connectivity index (χ2v) is 5.19. The van der Waals surface area contributed by atoms with Gasteiger partial charge in [-0.3, -0.25) is 0 Å². The quantitative estimate of drug-likeness (QED) is 0.783. The molecule has 0 fully saturated rings. The van der Waals surface area contributed by atoms with Crippen molar-refractivity contribution in [2.24, 2.45) is 0 Å². The summed E-state index contributed by atoms with van der Waals surface area (Å²) in [6.45, 7) is 6.51. The fourth-order valence-electron chi connectivity index (χ4n) is 1.95. The van der Waals surface area contributed by atoms with Crippen LogP contribution in [0, 0.1) is 0 Å². The van der Waals surface area contributed by atoms with E-state index in [4.69, 9.17) is 15.2 Å². The summed E-state index contributed by atoms with van der Waals surface area (Å²) in [6.07, 6.45) is 0. The number of nitrogens with zero attached hydrogens (tertiary/aromatic N) is 1. The Morgan fingerprint density at radius 1 is 1.19 bits per heavy atom. The number of anilines is 2. The molecule has 1 aromatic heterocycles. The molecule has 5 nitrogen and oxygen atoms in total. The molecule has 0 radical (unpaired) electrons. The predicted molar refractivity (Wildman–Crippen MR) is 86.8 cm³/mol. The Kier molecular flexibility index (Phi) is 5.83. The molecular formula is C15H21N3O2S. The predicted octanol–water partition coefficient (Wildman–Crippen LogP) is 3.27. The van der Waals surface area contributed by atoms with E-state index < -0.39 is 0 Å². The standard InChI is InChI=1S/C15H21N3O2S/c1-3-19-10-12-8-6-5-7-11(12)9-17-15-13(20-4-2)14(16)18-21-15/h5-8,17H,3-4,9-10H2,1-2H3,(H2,16,18). The van der Waals surface area contributed by atoms with Crippen molar-refractivity contribution in [3.05, 3.63) is 35.4 Å². The van der Waals surface area contributed by atoms with Gasteiger partial charge in [-0.2, -0.15) is 4.37 Å². The van der Waals surface area contributed by atoms with E-state index in [1.54, 1.807) is 0 Å². The Morgan fingerprint density at radius 2 is 1.95 bits per heavy atom. The first-order valence-corrected chi connectivity index (χ1v) is 7.79. The summed E-state index contributed by atoms with van der Waals surface area (Å²) in [6, 6.07) is 8.22. The topological polar surface area (TPSA) is 69.4 Å². The van der Waals surface area contributed by atoms with E-state index in [1.165, 1.54) is 22.7 Å². The van der Waals surface area contributed by atoms with Gasteiger partial charge in [0.15, 0.2) is 16.6 Å². The SMILES string of the molecule is CCOCc1ccccc1CNc1snc(N)c1OCC. The van der Waals surface area contributed by atoms with Gasteiger partial charge in [-0.25, -0.2) is 0 Å². The number of nitrogens with one attached hydrogen (secondary N) is 1. The Balaban J connectivity index is 2.06. The molecule has 6 heteroatoms. The van der Waals surface area contributed by atoms with Crippen LogP contribution in [0.1, 0.15) is 25.0 Å². The summed E-state index contributed by atoms with van der Waals surface area (Å²) in [4.78, 5) is 0. The number of hydrogen-bond acceptors (Lipinski definition) is 6. The van der Waals surface area contributed by atoms with Crippen molar-refractivity contribution in [1.29, 1.82) is 0 Å². The molecular weight excluding hydrogens is 286 g/mol. The molecule has 21 heavy (non-hydrogen) atoms. The second kappa shape index (κ2) is 7.85. The molecule has 0 bridgehead atoms. The third kappa shape index (κ3) is 4.09. The third-order valence-electron chi connectivity index (χ3n) is 2.98. The monoisotopic (exact) mass is 307 g/mol. The van der Waals surface area contributed by atoms with E-state index in [0.717, 1.165) is 5.00 Å². The van der Waals surface area contributed by atoms with Crippen LogP contribution in [-0.2, 0) is 17.9 Å². The molecule has 0 unspecified atom stereocenters. The largest absolute Gasteiger partial charge is 0.487 e. The summed E-state index contributed by atoms with van der Waals surface area (Å²) < 4.78 is 15.2. The minimum absolute atomic E-state index is 0.437. The van der Waals surface area contributed by atoms with Gasteiger partial charge in [-0.05, 0) is 36.5 Å². The van der Waals surface area contributed by atoms with Gasteiger partial charge in [0.1, 0.15) is 0 Å². The maximum absolute atomic E-state index is 5.81. The number of aromatic nitrogens is 1. The van der Waals surface area contributed by atoms with Crippen molar-refractivity contribution in [3.63, 3.8) is 0 Å². The first-order chi connectivity index (χ1) is 10.3. The van der Waals surface area contributed by atoms with Crippen LogP contribution in [-0.4, -0.2) is 17.6 Å². The van der Waals surface area contributed by atoms with Crippen molar-refractivity contribution in [2.45, 2.75) is 27.0 Å². The number of nitrogen functional groups attached to an aromatic ring is 1. The highest BCUT2D eigenvalue weighted by Gasteiger charge is 2.12. The molecule has 1 aromatic carbocycles. The van der Waals surface area contributed by atoms with Crippen LogP contribution in [0.4, 0.5) is 10.8 Å². The van der Waals surface area contributed by atoms with E-state index in [0.29, 0.717) is 37.9 Å². The normalized spacial score (nSPS) is 10.6. The van der Waals surface area contributed by atoms with Gasteiger partial charge in [-0.15, -0.1) is 0 Å². The van der Waals surface area contributed by atoms with Crippen LogP contribution in [0.25, 0.3) is 0 Å². The van der Waals surface area contributed by atoms with Crippen molar-refractivity contribution in [3.8, 4) is 5.75 Å². The molecule has 0 aliphatic heterocycles. The molecule has 0 spiro atoms. The van der Waals surface area contributed by atoms with Crippen LogP contribution < -0.4 is 15.8 Å². The fraction of sp³-hybridized carbons (Fsp3) is 0.400. The number of nitrogens with two attached hydrogens (primary N) is 1. The van der Waals surface area contributed by atoms with E-state index in [9.17, 15) is 0 Å². The lowest BCUT2D eigenvalue weighted by atomic mass is 10.1. The Labute approximate surface area is 129 Å². The number of benzene rings is 1. The third-order valence-corrected chi connectivity index (χ3v) is 3.78. The average Bonchev–Trinajstić information content (AvgIpc) is 2.85. The molecule has 0 amide bonds. The summed E-state index contributed by atoms with van der Waals surface area (Å²) in [7, 11) is 0. The number of ether oxygens (including phenoxy) is 2. The summed E-state index contributed by atoms with van der Waals surface area (Å²) in [5, 5.41) is 4.21. The summed E-state index contributed by atoms with van der Waals surface area (Å²) >= 11 is 1.32. The van der Waals surface area contributed by atoms with Crippen LogP contribution in [0.3, 0.4) is 0 Å². The molecule has 0 aliphatic carbocycles. The number of hydrogen-bond donors (Lipinski definition) is 2. The first kappa shape index (κ1) is 15.6. The first-order valence-electron chi connectivity index (χ1n) is 7.02. The van der Waals surface area contributed by atoms with Crippen LogP contribution >= 0.6 is 11.5 Å². The fourth-order valence-corrected chi connectivity index (χ4v) is 2.60. The van der Waals surface area contributed by atoms with E-state index in [-0.39, 0.29) is 0 Å². The van der Waals surface area contributed by atoms with Crippen molar-refractivity contribution < 1.29 is 9.47 Å². The summed E-state index contributed by atoms with van der Waals surface area (Å²) in [5.41, 5.74) is 8.18. The highest BCUT2D eigenvalue weighted by molar-refractivity contribution is 7.11. The molecule has 0 saturated heterocycles. The van der Waals surface area contributed by atoms with E-state index in [2.05, 4.69) is 21.8 Å². The second-order valence-electron chi connectivity index (χ2n) is 4.42. The highest BCUT2D eigenvalue weighted by Crippen LogP contribution is 2.35. The van der Waals surface area contributed by atoms with Crippen molar-refractivity contribution in [2.75, 3.05) is 24.3 Å². The lowest BCUT2D eigenvalue weighted by Crippen LogP contribution is -2.05. The van der Waals surface area contributed by atoms with Gasteiger partial charge in [0.2, 0.25) is 0 Å². The highest BCUT2D eigenvalue weighted by atomic mass is 32.1. The van der Waals surface area contributed by atoms with Crippen LogP contribution in [0.5, 0.6) is 5.75 Å². The van der Waals surface area contributed by atoms with Gasteiger partial charge in [0.05, 0.1) is 13.2 Å². The average molecular weight is 307 g/mol. The zero-order valence-electron chi connectivity index (χ0n) is 12.4. The Morgan fingerprint density at radius 3 is 2.67 bits per heavy atom. The zero-order chi connectivity index (χ0) is 15.1. The lowest BCUT2D eigenvalue weighted by Gasteiger charge is -2.11. The molecule has 0 atom stereocenters. The number of rotatable bonds is 8. The zero-order valence-corrected chi connectivity index (χ0v) is 13.2. The molecule has 2 rings (SSSR count). The van der Waals surface area contributed by atoms with E-state index >= 15 is 0 Å². The molecule has 114 valence electrons. The van der Waals surface area contributed by atoms with E-state index in [1.807, 2.05) is 26.0 Å². The van der Waals surface area contributed by atoms with Crippen molar-refractivity contribution in [1.82, 2.24) is 4.37 Å². The van der Waals surface area contributed by atoms with Gasteiger partial charge in [0, 0.05) is 13.2 Å². The maximum Gasteiger partial charge on any atom is 0.197 e. The minimum Gasteiger partial charge on any atom is -0.487 e. The molecule has 0 aliphatic rings. The Bertz CT molecular complexity index is 572. The minimum atomic E-state index is 0.437. The molecule has 0 saturated carbocycles. The van der Waals surface area contributed by atoms with Crippen LogP contribution in [0.15, 0.2) is 24.3 Å². The molecule has 3 N–H and O–H groups in total. The van der Waals surface area contributed by atoms with Crippen LogP contribution in [0.2, 0.25) is 0 Å². The molecule has 1 heterocycles. The van der Waals surface area contributed by atoms with Gasteiger partial charge in [-0.1, -0.05) is 24.3 Å². The van der Waals surface area contributed by atoms with Gasteiger partial charge in [0.25, 0.3) is 0 Å². The maximum atomic E-state index is 5.81. The summed E-state index contributed by atoms with van der Waals surface area (Å²) in [5.74, 6) is 1.08. The smallest absolute Gasteiger partial charge is 0.197 e. The Hall–Kier alpha value is -1.79. The lowest BCUT2D eigenvalue weighted by molar-refractivity contribution is 0.133.